The number of para-hydroxylation sites is 1. The molecule has 0 saturated carbocycles. The van der Waals surface area contributed by atoms with E-state index in [2.05, 4.69) is 21.4 Å². The lowest BCUT2D eigenvalue weighted by Crippen LogP contribution is -2.54. The Hall–Kier alpha value is -3.94. The number of benzene rings is 2. The van der Waals surface area contributed by atoms with Crippen LogP contribution in [0.2, 0.25) is 0 Å². The molecule has 1 aliphatic heterocycles. The number of nitrogens with zero attached hydrogens (tertiary/aromatic N) is 4. The summed E-state index contributed by atoms with van der Waals surface area (Å²) in [5.74, 6) is 1.26. The number of rotatable bonds is 6. The smallest absolute Gasteiger partial charge is 0.336 e. The topological polar surface area (TPSA) is 70.2 Å². The number of carbonyl (C=O) groups excluding carboxylic acids is 1. The van der Waals surface area contributed by atoms with Crippen LogP contribution in [0.25, 0.3) is 0 Å². The molecular weight excluding hydrogens is 406 g/mol. The molecule has 1 aromatic heterocycles. The van der Waals surface area contributed by atoms with E-state index in [0.29, 0.717) is 24.7 Å². The summed E-state index contributed by atoms with van der Waals surface area (Å²) in [4.78, 5) is 21.5. The van der Waals surface area contributed by atoms with Gasteiger partial charge in [-0.15, -0.1) is 0 Å². The van der Waals surface area contributed by atoms with Gasteiger partial charge >= 0.3 is 6.03 Å². The number of hydrazine groups is 1. The SMILES string of the molecule is COc1cccc(N2CCN(C(=O)NN(c3ccccc3)c3cccnc3OC)CC2)c1. The number of piperazine rings is 1. The highest BCUT2D eigenvalue weighted by atomic mass is 16.5. The Kier molecular flexibility index (Phi) is 6.60. The van der Waals surface area contributed by atoms with E-state index in [0.717, 1.165) is 30.2 Å². The molecule has 2 amide bonds. The number of aromatic nitrogens is 1. The molecule has 0 radical (unpaired) electrons. The third-order valence-electron chi connectivity index (χ3n) is 5.39. The normalized spacial score (nSPS) is 13.4. The Balaban J connectivity index is 1.47. The van der Waals surface area contributed by atoms with E-state index in [9.17, 15) is 4.79 Å². The Morgan fingerprint density at radius 3 is 2.44 bits per heavy atom. The summed E-state index contributed by atoms with van der Waals surface area (Å²) in [6, 6.07) is 21.1. The Morgan fingerprint density at radius 2 is 1.72 bits per heavy atom. The third kappa shape index (κ3) is 4.69. The number of carbonyl (C=O) groups is 1. The van der Waals surface area contributed by atoms with Crippen LogP contribution in [0.5, 0.6) is 11.6 Å². The first kappa shape index (κ1) is 21.3. The van der Waals surface area contributed by atoms with Crippen molar-refractivity contribution in [3.05, 3.63) is 72.9 Å². The molecule has 0 aliphatic carbocycles. The maximum absolute atomic E-state index is 13.2. The summed E-state index contributed by atoms with van der Waals surface area (Å²) in [7, 11) is 3.23. The molecule has 1 saturated heterocycles. The van der Waals surface area contributed by atoms with Gasteiger partial charge in [-0.05, 0) is 36.4 Å². The molecule has 0 unspecified atom stereocenters. The van der Waals surface area contributed by atoms with E-state index >= 15 is 0 Å². The van der Waals surface area contributed by atoms with Gasteiger partial charge in [-0.3, -0.25) is 0 Å². The van der Waals surface area contributed by atoms with Crippen molar-refractivity contribution >= 4 is 23.1 Å². The number of pyridine rings is 1. The van der Waals surface area contributed by atoms with E-state index in [-0.39, 0.29) is 6.03 Å². The zero-order valence-corrected chi connectivity index (χ0v) is 18.3. The minimum Gasteiger partial charge on any atom is -0.497 e. The fourth-order valence-corrected chi connectivity index (χ4v) is 3.69. The summed E-state index contributed by atoms with van der Waals surface area (Å²) in [6.07, 6.45) is 1.66. The molecule has 2 heterocycles. The van der Waals surface area contributed by atoms with Gasteiger partial charge in [-0.25, -0.2) is 20.2 Å². The monoisotopic (exact) mass is 433 g/mol. The first-order chi connectivity index (χ1) is 15.7. The van der Waals surface area contributed by atoms with Crippen LogP contribution < -0.4 is 24.8 Å². The van der Waals surface area contributed by atoms with Crippen molar-refractivity contribution in [2.24, 2.45) is 0 Å². The van der Waals surface area contributed by atoms with Gasteiger partial charge in [0.15, 0.2) is 0 Å². The van der Waals surface area contributed by atoms with Crippen molar-refractivity contribution in [3.8, 4) is 11.6 Å². The minimum atomic E-state index is -0.176. The molecular formula is C24H27N5O3. The second-order valence-corrected chi connectivity index (χ2v) is 7.30. The van der Waals surface area contributed by atoms with Gasteiger partial charge in [0.2, 0.25) is 5.88 Å². The number of anilines is 3. The summed E-state index contributed by atoms with van der Waals surface area (Å²) < 4.78 is 10.8. The predicted octanol–water partition coefficient (Wildman–Crippen LogP) is 3.68. The van der Waals surface area contributed by atoms with Crippen LogP contribution in [0.1, 0.15) is 0 Å². The van der Waals surface area contributed by atoms with Crippen molar-refractivity contribution in [1.82, 2.24) is 15.3 Å². The number of methoxy groups -OCH3 is 2. The van der Waals surface area contributed by atoms with E-state index < -0.39 is 0 Å². The Bertz CT molecular complexity index is 1040. The molecule has 166 valence electrons. The van der Waals surface area contributed by atoms with E-state index in [1.165, 1.54) is 0 Å². The van der Waals surface area contributed by atoms with Crippen LogP contribution in [0.3, 0.4) is 0 Å². The number of nitrogens with one attached hydrogen (secondary N) is 1. The van der Waals surface area contributed by atoms with Crippen molar-refractivity contribution in [1.29, 1.82) is 0 Å². The predicted molar refractivity (Wildman–Crippen MR) is 125 cm³/mol. The standard InChI is InChI=1S/C24H27N5O3/c1-31-21-11-6-10-20(18-21)27-14-16-28(17-15-27)24(30)26-29(19-8-4-3-5-9-19)22-12-7-13-25-23(22)32-2/h3-13,18H,14-17H2,1-2H3,(H,26,30). The van der Waals surface area contributed by atoms with Crippen LogP contribution in [0.15, 0.2) is 72.9 Å². The summed E-state index contributed by atoms with van der Waals surface area (Å²) in [6.45, 7) is 2.69. The molecule has 0 bridgehead atoms. The molecule has 8 heteroatoms. The lowest BCUT2D eigenvalue weighted by atomic mass is 10.2. The molecule has 3 aromatic rings. The summed E-state index contributed by atoms with van der Waals surface area (Å²) >= 11 is 0. The zero-order chi connectivity index (χ0) is 22.3. The van der Waals surface area contributed by atoms with Gasteiger partial charge in [-0.2, -0.15) is 0 Å². The van der Waals surface area contributed by atoms with Gasteiger partial charge in [0.25, 0.3) is 0 Å². The maximum Gasteiger partial charge on any atom is 0.336 e. The lowest BCUT2D eigenvalue weighted by molar-refractivity contribution is 0.194. The number of hydrogen-bond donors (Lipinski definition) is 1. The average molecular weight is 434 g/mol. The van der Waals surface area contributed by atoms with Crippen molar-refractivity contribution in [2.75, 3.05) is 50.3 Å². The van der Waals surface area contributed by atoms with Crippen LogP contribution in [-0.4, -0.2) is 56.3 Å². The fourth-order valence-electron chi connectivity index (χ4n) is 3.69. The maximum atomic E-state index is 13.2. The molecule has 4 rings (SSSR count). The van der Waals surface area contributed by atoms with Crippen LogP contribution in [0, 0.1) is 0 Å². The quantitative estimate of drug-likeness (QED) is 0.598. The molecule has 0 atom stereocenters. The van der Waals surface area contributed by atoms with Gasteiger partial charge in [-0.1, -0.05) is 24.3 Å². The average Bonchev–Trinajstić information content (AvgIpc) is 2.87. The fraction of sp³-hybridized carbons (Fsp3) is 0.250. The number of ether oxygens (including phenoxy) is 2. The molecule has 2 aromatic carbocycles. The van der Waals surface area contributed by atoms with Crippen LogP contribution >= 0.6 is 0 Å². The number of amides is 2. The van der Waals surface area contributed by atoms with Gasteiger partial charge in [0.1, 0.15) is 11.4 Å². The van der Waals surface area contributed by atoms with Gasteiger partial charge in [0, 0.05) is 44.1 Å². The van der Waals surface area contributed by atoms with Gasteiger partial charge < -0.3 is 19.3 Å². The highest BCUT2D eigenvalue weighted by Gasteiger charge is 2.25. The molecule has 0 spiro atoms. The van der Waals surface area contributed by atoms with Crippen LogP contribution in [0.4, 0.5) is 21.9 Å². The zero-order valence-electron chi connectivity index (χ0n) is 18.3. The highest BCUT2D eigenvalue weighted by Crippen LogP contribution is 2.30. The van der Waals surface area contributed by atoms with Crippen molar-refractivity contribution < 1.29 is 14.3 Å². The second kappa shape index (κ2) is 9.91. The minimum absolute atomic E-state index is 0.176. The van der Waals surface area contributed by atoms with E-state index in [4.69, 9.17) is 9.47 Å². The first-order valence-electron chi connectivity index (χ1n) is 10.5. The molecule has 32 heavy (non-hydrogen) atoms. The number of urea groups is 1. The summed E-state index contributed by atoms with van der Waals surface area (Å²) in [5.41, 5.74) is 5.59. The largest absolute Gasteiger partial charge is 0.497 e. The van der Waals surface area contributed by atoms with Crippen molar-refractivity contribution in [3.63, 3.8) is 0 Å². The molecule has 1 N–H and O–H groups in total. The second-order valence-electron chi connectivity index (χ2n) is 7.30. The first-order valence-corrected chi connectivity index (χ1v) is 10.5. The Morgan fingerprint density at radius 1 is 0.938 bits per heavy atom. The van der Waals surface area contributed by atoms with Crippen molar-refractivity contribution in [2.45, 2.75) is 0 Å². The third-order valence-corrected chi connectivity index (χ3v) is 5.39. The van der Waals surface area contributed by atoms with E-state index in [1.54, 1.807) is 25.4 Å². The van der Waals surface area contributed by atoms with Gasteiger partial charge in [0.05, 0.1) is 19.9 Å². The number of hydrogen-bond acceptors (Lipinski definition) is 6. The Labute approximate surface area is 188 Å². The van der Waals surface area contributed by atoms with Crippen LogP contribution in [-0.2, 0) is 0 Å². The molecule has 1 fully saturated rings. The highest BCUT2D eigenvalue weighted by molar-refractivity contribution is 5.80. The molecule has 8 nitrogen and oxygen atoms in total. The summed E-state index contributed by atoms with van der Waals surface area (Å²) in [5, 5.41) is 1.71. The lowest BCUT2D eigenvalue weighted by Gasteiger charge is -2.37. The molecule has 1 aliphatic rings. The van der Waals surface area contributed by atoms with E-state index in [1.807, 2.05) is 65.6 Å².